The molecule has 0 radical (unpaired) electrons. The average Bonchev–Trinajstić information content (AvgIpc) is 2.14. The van der Waals surface area contributed by atoms with Gasteiger partial charge in [0.2, 0.25) is 0 Å². The normalized spacial score (nSPS) is 10.4. The fourth-order valence-corrected chi connectivity index (χ4v) is 1.62. The van der Waals surface area contributed by atoms with Crippen LogP contribution in [-0.4, -0.2) is 19.3 Å². The Labute approximate surface area is 95.7 Å². The highest BCUT2D eigenvalue weighted by Gasteiger charge is 2.09. The van der Waals surface area contributed by atoms with Crippen LogP contribution in [0.25, 0.3) is 0 Å². The van der Waals surface area contributed by atoms with Crippen LogP contribution in [0.3, 0.4) is 0 Å². The van der Waals surface area contributed by atoms with E-state index in [4.69, 9.17) is 11.6 Å². The summed E-state index contributed by atoms with van der Waals surface area (Å²) in [5, 5.41) is 0.484. The third-order valence-corrected chi connectivity index (χ3v) is 2.79. The Hall–Kier alpha value is -1.11. The number of aldehydes is 1. The lowest BCUT2D eigenvalue weighted by Gasteiger charge is -2.04. The number of nitrogens with zero attached hydrogens (tertiary/aromatic N) is 1. The summed E-state index contributed by atoms with van der Waals surface area (Å²) in [6.45, 7) is 6.39. The molecule has 0 bridgehead atoms. The van der Waals surface area contributed by atoms with Gasteiger partial charge in [-0.15, -0.1) is 5.54 Å². The topological polar surface area (TPSA) is 30.0 Å². The van der Waals surface area contributed by atoms with Gasteiger partial charge in [0.25, 0.3) is 0 Å². The highest BCUT2D eigenvalue weighted by molar-refractivity contribution is 6.83. The molecule has 0 amide bonds. The Kier molecular flexibility index (Phi) is 3.67. The molecule has 1 aromatic rings. The summed E-state index contributed by atoms with van der Waals surface area (Å²) in [6, 6.07) is 1.64. The predicted octanol–water partition coefficient (Wildman–Crippen LogP) is 2.78. The van der Waals surface area contributed by atoms with Gasteiger partial charge in [0.15, 0.2) is 6.29 Å². The molecule has 0 aliphatic heterocycles. The molecule has 0 aliphatic rings. The van der Waals surface area contributed by atoms with Gasteiger partial charge in [-0.05, 0) is 6.07 Å². The van der Waals surface area contributed by atoms with E-state index in [1.165, 1.54) is 6.20 Å². The van der Waals surface area contributed by atoms with Gasteiger partial charge in [-0.3, -0.25) is 9.78 Å². The molecule has 15 heavy (non-hydrogen) atoms. The molecule has 0 fully saturated rings. The summed E-state index contributed by atoms with van der Waals surface area (Å²) in [6.07, 6.45) is 2.19. The lowest BCUT2D eigenvalue weighted by Crippen LogP contribution is -2.16. The summed E-state index contributed by atoms with van der Waals surface area (Å²) in [5.74, 6) is 2.96. The predicted molar refractivity (Wildman–Crippen MR) is 64.9 cm³/mol. The van der Waals surface area contributed by atoms with Gasteiger partial charge in [0, 0.05) is 6.20 Å². The lowest BCUT2D eigenvalue weighted by molar-refractivity contribution is 0.111. The summed E-state index contributed by atoms with van der Waals surface area (Å²) < 4.78 is 0. The SMILES string of the molecule is C[Si](C)(C)C#Cc1c(Cl)ccnc1C=O. The third kappa shape index (κ3) is 3.50. The average molecular weight is 238 g/mol. The van der Waals surface area contributed by atoms with Gasteiger partial charge >= 0.3 is 0 Å². The number of hydrogen-bond donors (Lipinski definition) is 0. The molecule has 1 aromatic heterocycles. The van der Waals surface area contributed by atoms with Crippen LogP contribution in [0.2, 0.25) is 24.7 Å². The Morgan fingerprint density at radius 3 is 2.67 bits per heavy atom. The van der Waals surface area contributed by atoms with Crippen molar-refractivity contribution >= 4 is 26.0 Å². The van der Waals surface area contributed by atoms with E-state index in [1.54, 1.807) is 6.07 Å². The zero-order valence-electron chi connectivity index (χ0n) is 8.97. The minimum atomic E-state index is -1.46. The second-order valence-electron chi connectivity index (χ2n) is 4.17. The molecule has 0 N–H and O–H groups in total. The van der Waals surface area contributed by atoms with Crippen molar-refractivity contribution in [2.75, 3.05) is 0 Å². The first-order valence-corrected chi connectivity index (χ1v) is 8.45. The van der Waals surface area contributed by atoms with E-state index in [-0.39, 0.29) is 0 Å². The molecule has 4 heteroatoms. The van der Waals surface area contributed by atoms with Gasteiger partial charge in [0.05, 0.1) is 10.6 Å². The Morgan fingerprint density at radius 1 is 1.47 bits per heavy atom. The zero-order valence-corrected chi connectivity index (χ0v) is 10.7. The molecule has 0 unspecified atom stereocenters. The Balaban J connectivity index is 3.23. The molecule has 78 valence electrons. The highest BCUT2D eigenvalue weighted by Crippen LogP contribution is 2.15. The Bertz CT molecular complexity index is 440. The smallest absolute Gasteiger partial charge is 0.169 e. The van der Waals surface area contributed by atoms with E-state index >= 15 is 0 Å². The zero-order chi connectivity index (χ0) is 11.5. The van der Waals surface area contributed by atoms with Gasteiger partial charge in [-0.2, -0.15) is 0 Å². The van der Waals surface area contributed by atoms with Crippen molar-refractivity contribution in [1.29, 1.82) is 0 Å². The summed E-state index contributed by atoms with van der Waals surface area (Å²) in [5.41, 5.74) is 4.01. The van der Waals surface area contributed by atoms with Crippen molar-refractivity contribution in [3.05, 3.63) is 28.5 Å². The quantitative estimate of drug-likeness (QED) is 0.427. The summed E-state index contributed by atoms with van der Waals surface area (Å²) in [4.78, 5) is 14.6. The van der Waals surface area contributed by atoms with Crippen LogP contribution < -0.4 is 0 Å². The molecule has 0 spiro atoms. The minimum absolute atomic E-state index is 0.313. The van der Waals surface area contributed by atoms with Crippen LogP contribution in [0.1, 0.15) is 16.1 Å². The Morgan fingerprint density at radius 2 is 2.13 bits per heavy atom. The van der Waals surface area contributed by atoms with Crippen molar-refractivity contribution in [3.8, 4) is 11.5 Å². The monoisotopic (exact) mass is 237 g/mol. The molecule has 0 saturated heterocycles. The maximum atomic E-state index is 10.7. The van der Waals surface area contributed by atoms with Crippen molar-refractivity contribution in [1.82, 2.24) is 4.98 Å². The summed E-state index contributed by atoms with van der Waals surface area (Å²) in [7, 11) is -1.46. The number of carbonyl (C=O) groups excluding carboxylic acids is 1. The molecule has 1 heterocycles. The van der Waals surface area contributed by atoms with Crippen molar-refractivity contribution in [3.63, 3.8) is 0 Å². The number of halogens is 1. The molecule has 0 saturated carbocycles. The van der Waals surface area contributed by atoms with Crippen LogP contribution in [0.4, 0.5) is 0 Å². The third-order valence-electron chi connectivity index (χ3n) is 1.60. The molecule has 0 atom stereocenters. The van der Waals surface area contributed by atoms with Gasteiger partial charge in [-0.1, -0.05) is 37.2 Å². The molecule has 0 aromatic carbocycles. The maximum absolute atomic E-state index is 10.7. The summed E-state index contributed by atoms with van der Waals surface area (Å²) >= 11 is 5.95. The van der Waals surface area contributed by atoms with Gasteiger partial charge in [-0.25, -0.2) is 0 Å². The first-order valence-electron chi connectivity index (χ1n) is 4.57. The second-order valence-corrected chi connectivity index (χ2v) is 9.33. The molecule has 1 rings (SSSR count). The molecule has 2 nitrogen and oxygen atoms in total. The number of rotatable bonds is 1. The maximum Gasteiger partial charge on any atom is 0.169 e. The number of pyridine rings is 1. The van der Waals surface area contributed by atoms with Gasteiger partial charge in [0.1, 0.15) is 13.8 Å². The fraction of sp³-hybridized carbons (Fsp3) is 0.273. The van der Waals surface area contributed by atoms with Crippen molar-refractivity contribution in [2.24, 2.45) is 0 Å². The molecule has 0 aliphatic carbocycles. The number of carbonyl (C=O) groups is 1. The largest absolute Gasteiger partial charge is 0.296 e. The second kappa shape index (κ2) is 4.60. The van der Waals surface area contributed by atoms with Crippen molar-refractivity contribution in [2.45, 2.75) is 19.6 Å². The van der Waals surface area contributed by atoms with Crippen LogP contribution >= 0.6 is 11.6 Å². The molecular weight excluding hydrogens is 226 g/mol. The van der Waals surface area contributed by atoms with E-state index in [0.29, 0.717) is 22.6 Å². The van der Waals surface area contributed by atoms with Crippen molar-refractivity contribution < 1.29 is 4.79 Å². The molecular formula is C11H12ClNOSi. The van der Waals surface area contributed by atoms with Crippen LogP contribution in [0, 0.1) is 11.5 Å². The minimum Gasteiger partial charge on any atom is -0.296 e. The first kappa shape index (κ1) is 12.0. The number of aromatic nitrogens is 1. The van der Waals surface area contributed by atoms with Gasteiger partial charge < -0.3 is 0 Å². The standard InChI is InChI=1S/C11H12ClNOSi/c1-15(2,3)7-5-9-10(12)4-6-13-11(9)8-14/h4,6,8H,1-3H3. The highest BCUT2D eigenvalue weighted by atomic mass is 35.5. The van der Waals surface area contributed by atoms with E-state index in [9.17, 15) is 4.79 Å². The fourth-order valence-electron chi connectivity index (χ4n) is 0.916. The first-order chi connectivity index (χ1) is 6.94. The van der Waals surface area contributed by atoms with E-state index < -0.39 is 8.07 Å². The van der Waals surface area contributed by atoms with E-state index in [2.05, 4.69) is 36.1 Å². The number of hydrogen-bond acceptors (Lipinski definition) is 2. The van der Waals surface area contributed by atoms with Crippen LogP contribution in [0.5, 0.6) is 0 Å². The van der Waals surface area contributed by atoms with Crippen LogP contribution in [0.15, 0.2) is 12.3 Å². The van der Waals surface area contributed by atoms with E-state index in [0.717, 1.165) is 0 Å². The van der Waals surface area contributed by atoms with Crippen LogP contribution in [-0.2, 0) is 0 Å². The lowest BCUT2D eigenvalue weighted by atomic mass is 10.2. The van der Waals surface area contributed by atoms with E-state index in [1.807, 2.05) is 0 Å².